The molecule has 3 nitrogen and oxygen atoms in total. The lowest BCUT2D eigenvalue weighted by Crippen LogP contribution is -2.10. The summed E-state index contributed by atoms with van der Waals surface area (Å²) in [5, 5.41) is 9.43. The fourth-order valence-corrected chi connectivity index (χ4v) is 2.34. The van der Waals surface area contributed by atoms with Crippen LogP contribution < -0.4 is 4.74 Å². The van der Waals surface area contributed by atoms with Crippen LogP contribution in [0.4, 0.5) is 0 Å². The molecule has 1 N–H and O–H groups in total. The van der Waals surface area contributed by atoms with Crippen molar-refractivity contribution in [2.45, 2.75) is 26.2 Å². The molecule has 19 heavy (non-hydrogen) atoms. The highest BCUT2D eigenvalue weighted by molar-refractivity contribution is 7.15. The Balaban J connectivity index is 2.13. The number of thiophene rings is 1. The second-order valence-corrected chi connectivity index (χ2v) is 6.35. The molecule has 100 valence electrons. The maximum Gasteiger partial charge on any atom is 0.345 e. The van der Waals surface area contributed by atoms with Crippen molar-refractivity contribution in [2.75, 3.05) is 0 Å². The largest absolute Gasteiger partial charge is 0.477 e. The standard InChI is InChI=1S/C15H16O3S/c1-15(2,3)10-4-6-11(7-5-10)18-13-9-8-12(19-13)14(16)17/h4-9H,1-3H3,(H,16,17). The Kier molecular flexibility index (Phi) is 3.62. The molecule has 0 aliphatic rings. The van der Waals surface area contributed by atoms with Gasteiger partial charge in [-0.15, -0.1) is 0 Å². The summed E-state index contributed by atoms with van der Waals surface area (Å²) in [5.74, 6) is -0.213. The number of carboxylic acids is 1. The Morgan fingerprint density at radius 2 is 1.74 bits per heavy atom. The molecule has 0 atom stereocenters. The van der Waals surface area contributed by atoms with Gasteiger partial charge in [0.1, 0.15) is 10.6 Å². The van der Waals surface area contributed by atoms with Crippen molar-refractivity contribution in [2.24, 2.45) is 0 Å². The maximum absolute atomic E-state index is 10.8. The van der Waals surface area contributed by atoms with Crippen LogP contribution in [-0.2, 0) is 5.41 Å². The molecule has 0 radical (unpaired) electrons. The van der Waals surface area contributed by atoms with Crippen LogP contribution in [0, 0.1) is 0 Å². The molecule has 2 aromatic rings. The zero-order valence-electron chi connectivity index (χ0n) is 11.1. The molecular formula is C15H16O3S. The predicted octanol–water partition coefficient (Wildman–Crippen LogP) is 4.54. The number of rotatable bonds is 3. The minimum absolute atomic E-state index is 0.109. The lowest BCUT2D eigenvalue weighted by Gasteiger charge is -2.18. The van der Waals surface area contributed by atoms with E-state index in [0.29, 0.717) is 10.8 Å². The summed E-state index contributed by atoms with van der Waals surface area (Å²) < 4.78 is 5.63. The zero-order valence-corrected chi connectivity index (χ0v) is 12.0. The van der Waals surface area contributed by atoms with Gasteiger partial charge in [-0.3, -0.25) is 0 Å². The van der Waals surface area contributed by atoms with Crippen molar-refractivity contribution < 1.29 is 14.6 Å². The number of benzene rings is 1. The van der Waals surface area contributed by atoms with E-state index in [1.807, 2.05) is 24.3 Å². The highest BCUT2D eigenvalue weighted by atomic mass is 32.1. The van der Waals surface area contributed by atoms with E-state index in [0.717, 1.165) is 11.3 Å². The quantitative estimate of drug-likeness (QED) is 0.895. The van der Waals surface area contributed by atoms with Gasteiger partial charge in [0.25, 0.3) is 0 Å². The van der Waals surface area contributed by atoms with Gasteiger partial charge < -0.3 is 9.84 Å². The molecule has 0 spiro atoms. The molecule has 0 amide bonds. The first kappa shape index (κ1) is 13.6. The van der Waals surface area contributed by atoms with Gasteiger partial charge in [0.2, 0.25) is 0 Å². The molecule has 0 bridgehead atoms. The summed E-state index contributed by atoms with van der Waals surface area (Å²) in [6.07, 6.45) is 0. The van der Waals surface area contributed by atoms with Crippen molar-refractivity contribution >= 4 is 17.3 Å². The van der Waals surface area contributed by atoms with Gasteiger partial charge >= 0.3 is 5.97 Å². The van der Waals surface area contributed by atoms with E-state index >= 15 is 0 Å². The summed E-state index contributed by atoms with van der Waals surface area (Å²) >= 11 is 1.12. The molecule has 0 saturated carbocycles. The molecule has 1 heterocycles. The van der Waals surface area contributed by atoms with Gasteiger partial charge in [-0.1, -0.05) is 44.2 Å². The number of aromatic carboxylic acids is 1. The third-order valence-electron chi connectivity index (χ3n) is 2.73. The molecule has 4 heteroatoms. The first-order chi connectivity index (χ1) is 8.86. The van der Waals surface area contributed by atoms with Crippen LogP contribution in [0.15, 0.2) is 36.4 Å². The van der Waals surface area contributed by atoms with Crippen LogP contribution >= 0.6 is 11.3 Å². The monoisotopic (exact) mass is 276 g/mol. The summed E-state index contributed by atoms with van der Waals surface area (Å²) in [6.45, 7) is 6.46. The van der Waals surface area contributed by atoms with Crippen molar-refractivity contribution in [3.63, 3.8) is 0 Å². The Morgan fingerprint density at radius 1 is 1.11 bits per heavy atom. The number of hydrogen-bond acceptors (Lipinski definition) is 3. The second kappa shape index (κ2) is 5.05. The van der Waals surface area contributed by atoms with E-state index in [2.05, 4.69) is 20.8 Å². The molecule has 0 aliphatic heterocycles. The first-order valence-electron chi connectivity index (χ1n) is 5.98. The summed E-state index contributed by atoms with van der Waals surface area (Å²) in [4.78, 5) is 11.1. The molecule has 0 unspecified atom stereocenters. The van der Waals surface area contributed by atoms with E-state index in [1.165, 1.54) is 5.56 Å². The van der Waals surface area contributed by atoms with Crippen LogP contribution in [0.25, 0.3) is 0 Å². The number of hydrogen-bond donors (Lipinski definition) is 1. The lowest BCUT2D eigenvalue weighted by molar-refractivity contribution is 0.0702. The number of carbonyl (C=O) groups is 1. The van der Waals surface area contributed by atoms with Crippen LogP contribution in [0.5, 0.6) is 10.8 Å². The van der Waals surface area contributed by atoms with E-state index in [9.17, 15) is 4.79 Å². The van der Waals surface area contributed by atoms with Crippen LogP contribution in [-0.4, -0.2) is 11.1 Å². The highest BCUT2D eigenvalue weighted by Crippen LogP contribution is 2.31. The van der Waals surface area contributed by atoms with Gasteiger partial charge in [-0.25, -0.2) is 4.79 Å². The predicted molar refractivity (Wildman–Crippen MR) is 76.5 cm³/mol. The molecule has 2 rings (SSSR count). The molecule has 1 aromatic heterocycles. The molecule has 0 aliphatic carbocycles. The molecule has 0 saturated heterocycles. The topological polar surface area (TPSA) is 46.5 Å². The average molecular weight is 276 g/mol. The molecular weight excluding hydrogens is 260 g/mol. The fraction of sp³-hybridized carbons (Fsp3) is 0.267. The van der Waals surface area contributed by atoms with Gasteiger partial charge in [0.05, 0.1) is 0 Å². The van der Waals surface area contributed by atoms with Crippen molar-refractivity contribution in [1.82, 2.24) is 0 Å². The fourth-order valence-electron chi connectivity index (χ4n) is 1.63. The lowest BCUT2D eigenvalue weighted by atomic mass is 9.87. The van der Waals surface area contributed by atoms with Crippen LogP contribution in [0.3, 0.4) is 0 Å². The minimum atomic E-state index is -0.928. The van der Waals surface area contributed by atoms with Gasteiger partial charge in [-0.05, 0) is 35.2 Å². The molecule has 1 aromatic carbocycles. The van der Waals surface area contributed by atoms with E-state index in [1.54, 1.807) is 12.1 Å². The van der Waals surface area contributed by atoms with Gasteiger partial charge in [0.15, 0.2) is 5.06 Å². The first-order valence-corrected chi connectivity index (χ1v) is 6.79. The maximum atomic E-state index is 10.8. The Morgan fingerprint density at radius 3 is 2.21 bits per heavy atom. The smallest absolute Gasteiger partial charge is 0.345 e. The Hall–Kier alpha value is -1.81. The number of carboxylic acid groups (broad SMARTS) is 1. The Bertz CT molecular complexity index is 576. The average Bonchev–Trinajstić information content (AvgIpc) is 2.77. The summed E-state index contributed by atoms with van der Waals surface area (Å²) in [5.41, 5.74) is 1.34. The summed E-state index contributed by atoms with van der Waals surface area (Å²) in [6, 6.07) is 11.1. The summed E-state index contributed by atoms with van der Waals surface area (Å²) in [7, 11) is 0. The number of ether oxygens (including phenoxy) is 1. The SMILES string of the molecule is CC(C)(C)c1ccc(Oc2ccc(C(=O)O)s2)cc1. The van der Waals surface area contributed by atoms with Gasteiger partial charge in [0, 0.05) is 0 Å². The highest BCUT2D eigenvalue weighted by Gasteiger charge is 2.13. The van der Waals surface area contributed by atoms with Crippen LogP contribution in [0.1, 0.15) is 36.0 Å². The van der Waals surface area contributed by atoms with Crippen molar-refractivity contribution in [3.8, 4) is 10.8 Å². The van der Waals surface area contributed by atoms with E-state index in [4.69, 9.17) is 9.84 Å². The zero-order chi connectivity index (χ0) is 14.0. The van der Waals surface area contributed by atoms with E-state index in [-0.39, 0.29) is 10.3 Å². The third-order valence-corrected chi connectivity index (χ3v) is 3.68. The third kappa shape index (κ3) is 3.35. The van der Waals surface area contributed by atoms with E-state index < -0.39 is 5.97 Å². The van der Waals surface area contributed by atoms with Crippen LogP contribution in [0.2, 0.25) is 0 Å². The second-order valence-electron chi connectivity index (χ2n) is 5.30. The van der Waals surface area contributed by atoms with Gasteiger partial charge in [-0.2, -0.15) is 0 Å². The minimum Gasteiger partial charge on any atom is -0.477 e. The van der Waals surface area contributed by atoms with Crippen molar-refractivity contribution in [1.29, 1.82) is 0 Å². The van der Waals surface area contributed by atoms with Crippen molar-refractivity contribution in [3.05, 3.63) is 46.8 Å². The molecule has 0 fully saturated rings. The normalized spacial score (nSPS) is 11.3. The Labute approximate surface area is 116 Å².